The minimum absolute atomic E-state index is 0.502. The summed E-state index contributed by atoms with van der Waals surface area (Å²) in [5.74, 6) is 2.10. The maximum atomic E-state index is 5.83. The summed E-state index contributed by atoms with van der Waals surface area (Å²) >= 11 is 0. The summed E-state index contributed by atoms with van der Waals surface area (Å²) in [6.45, 7) is 11.8. The molecule has 4 nitrogen and oxygen atoms in total. The molecule has 18 heavy (non-hydrogen) atoms. The first-order valence-electron chi connectivity index (χ1n) is 6.77. The summed E-state index contributed by atoms with van der Waals surface area (Å²) in [5.41, 5.74) is 1.27. The lowest BCUT2D eigenvalue weighted by molar-refractivity contribution is 0.0312. The van der Waals surface area contributed by atoms with Gasteiger partial charge in [0.15, 0.2) is 0 Å². The number of aryl methyl sites for hydroxylation is 1. The fraction of sp³-hybridized carbons (Fsp3) is 0.714. The van der Waals surface area contributed by atoms with E-state index in [0.717, 1.165) is 50.9 Å². The van der Waals surface area contributed by atoms with Gasteiger partial charge in [0.25, 0.3) is 0 Å². The molecule has 1 saturated heterocycles. The second-order valence-electron chi connectivity index (χ2n) is 5.22. The molecule has 1 aliphatic rings. The van der Waals surface area contributed by atoms with Crippen molar-refractivity contribution in [3.05, 3.63) is 23.2 Å². The van der Waals surface area contributed by atoms with Gasteiger partial charge in [0.1, 0.15) is 11.5 Å². The zero-order chi connectivity index (χ0) is 13.0. The maximum Gasteiger partial charge on any atom is 0.118 e. The van der Waals surface area contributed by atoms with Gasteiger partial charge in [0, 0.05) is 31.2 Å². The average molecular weight is 252 g/mol. The number of ether oxygens (including phenoxy) is 1. The van der Waals surface area contributed by atoms with Crippen LogP contribution in [0.5, 0.6) is 0 Å². The van der Waals surface area contributed by atoms with E-state index in [2.05, 4.69) is 30.1 Å². The van der Waals surface area contributed by atoms with Gasteiger partial charge in [0.2, 0.25) is 0 Å². The highest BCUT2D eigenvalue weighted by Crippen LogP contribution is 2.17. The molecule has 1 aliphatic heterocycles. The molecule has 0 aliphatic carbocycles. The number of nitrogens with one attached hydrogen (secondary N) is 1. The fourth-order valence-electron chi connectivity index (χ4n) is 2.13. The second-order valence-corrected chi connectivity index (χ2v) is 5.22. The Bertz CT molecular complexity index is 368. The van der Waals surface area contributed by atoms with E-state index in [1.807, 2.05) is 6.92 Å². The largest absolute Gasteiger partial charge is 0.465 e. The van der Waals surface area contributed by atoms with E-state index < -0.39 is 0 Å². The minimum Gasteiger partial charge on any atom is -0.465 e. The first kappa shape index (κ1) is 13.6. The third kappa shape index (κ3) is 3.83. The quantitative estimate of drug-likeness (QED) is 0.869. The Kier molecular flexibility index (Phi) is 4.80. The molecule has 0 spiro atoms. The smallest absolute Gasteiger partial charge is 0.118 e. The van der Waals surface area contributed by atoms with E-state index in [4.69, 9.17) is 9.15 Å². The molecule has 1 aromatic heterocycles. The van der Waals surface area contributed by atoms with Crippen molar-refractivity contribution in [1.82, 2.24) is 10.2 Å². The molecule has 1 N–H and O–H groups in total. The Morgan fingerprint density at radius 2 is 2.06 bits per heavy atom. The summed E-state index contributed by atoms with van der Waals surface area (Å²) in [6.07, 6.45) is 0. The van der Waals surface area contributed by atoms with Gasteiger partial charge in [-0.15, -0.1) is 0 Å². The molecule has 0 amide bonds. The molecule has 4 heteroatoms. The summed E-state index contributed by atoms with van der Waals surface area (Å²) in [7, 11) is 0. The van der Waals surface area contributed by atoms with Crippen LogP contribution in [0.25, 0.3) is 0 Å². The molecule has 1 aromatic rings. The van der Waals surface area contributed by atoms with Crippen molar-refractivity contribution in [3.63, 3.8) is 0 Å². The molecule has 2 heterocycles. The Morgan fingerprint density at radius 3 is 2.72 bits per heavy atom. The molecular weight excluding hydrogens is 228 g/mol. The van der Waals surface area contributed by atoms with Gasteiger partial charge < -0.3 is 14.5 Å². The van der Waals surface area contributed by atoms with Crippen molar-refractivity contribution in [2.24, 2.45) is 0 Å². The van der Waals surface area contributed by atoms with Crippen LogP contribution in [0.2, 0.25) is 0 Å². The lowest BCUT2D eigenvalue weighted by Crippen LogP contribution is -2.35. The lowest BCUT2D eigenvalue weighted by Gasteiger charge is -2.25. The lowest BCUT2D eigenvalue weighted by atomic mass is 10.2. The Balaban J connectivity index is 1.90. The third-order valence-electron chi connectivity index (χ3n) is 3.26. The van der Waals surface area contributed by atoms with Crippen LogP contribution >= 0.6 is 0 Å². The Hall–Kier alpha value is -0.840. The van der Waals surface area contributed by atoms with E-state index in [0.29, 0.717) is 6.04 Å². The van der Waals surface area contributed by atoms with E-state index in [-0.39, 0.29) is 0 Å². The van der Waals surface area contributed by atoms with Crippen molar-refractivity contribution in [2.45, 2.75) is 39.9 Å². The summed E-state index contributed by atoms with van der Waals surface area (Å²) in [4.78, 5) is 2.38. The highest BCUT2D eigenvalue weighted by atomic mass is 16.5. The van der Waals surface area contributed by atoms with Crippen molar-refractivity contribution in [1.29, 1.82) is 0 Å². The van der Waals surface area contributed by atoms with Crippen LogP contribution in [0.3, 0.4) is 0 Å². The second kappa shape index (κ2) is 6.36. The van der Waals surface area contributed by atoms with Gasteiger partial charge in [-0.05, 0) is 13.0 Å². The van der Waals surface area contributed by atoms with Crippen molar-refractivity contribution in [2.75, 3.05) is 26.3 Å². The molecule has 0 aromatic carbocycles. The van der Waals surface area contributed by atoms with Crippen LogP contribution in [-0.2, 0) is 17.8 Å². The van der Waals surface area contributed by atoms with Crippen molar-refractivity contribution >= 4 is 0 Å². The number of hydrogen-bond donors (Lipinski definition) is 1. The van der Waals surface area contributed by atoms with Crippen LogP contribution in [0.15, 0.2) is 10.5 Å². The first-order chi connectivity index (χ1) is 8.65. The number of hydrogen-bond acceptors (Lipinski definition) is 4. The normalized spacial score (nSPS) is 17.6. The van der Waals surface area contributed by atoms with Crippen LogP contribution in [0, 0.1) is 6.92 Å². The fourth-order valence-corrected chi connectivity index (χ4v) is 2.13. The SMILES string of the molecule is Cc1oc(CN2CCOCC2)cc1CNC(C)C. The highest BCUT2D eigenvalue weighted by molar-refractivity contribution is 5.20. The molecule has 2 rings (SSSR count). The number of nitrogens with zero attached hydrogens (tertiary/aromatic N) is 1. The average Bonchev–Trinajstić information content (AvgIpc) is 2.68. The molecule has 102 valence electrons. The van der Waals surface area contributed by atoms with E-state index >= 15 is 0 Å². The van der Waals surface area contributed by atoms with Crippen LogP contribution in [0.1, 0.15) is 30.9 Å². The molecule has 0 radical (unpaired) electrons. The first-order valence-corrected chi connectivity index (χ1v) is 6.77. The predicted molar refractivity (Wildman–Crippen MR) is 71.5 cm³/mol. The van der Waals surface area contributed by atoms with Gasteiger partial charge in [-0.2, -0.15) is 0 Å². The molecular formula is C14H24N2O2. The molecule has 0 saturated carbocycles. The monoisotopic (exact) mass is 252 g/mol. The van der Waals surface area contributed by atoms with E-state index in [1.165, 1.54) is 5.56 Å². The van der Waals surface area contributed by atoms with Crippen molar-refractivity contribution < 1.29 is 9.15 Å². The van der Waals surface area contributed by atoms with Gasteiger partial charge in [-0.1, -0.05) is 13.8 Å². The zero-order valence-electron chi connectivity index (χ0n) is 11.7. The van der Waals surface area contributed by atoms with E-state index in [9.17, 15) is 0 Å². The summed E-state index contributed by atoms with van der Waals surface area (Å²) < 4.78 is 11.2. The molecule has 0 bridgehead atoms. The van der Waals surface area contributed by atoms with Gasteiger partial charge in [-0.3, -0.25) is 4.90 Å². The molecule has 0 atom stereocenters. The Morgan fingerprint density at radius 1 is 1.33 bits per heavy atom. The molecule has 0 unspecified atom stereocenters. The highest BCUT2D eigenvalue weighted by Gasteiger charge is 2.14. The summed E-state index contributed by atoms with van der Waals surface area (Å²) in [6, 6.07) is 2.68. The maximum absolute atomic E-state index is 5.83. The predicted octanol–water partition coefficient (Wildman–Crippen LogP) is 1.92. The van der Waals surface area contributed by atoms with Gasteiger partial charge in [0.05, 0.1) is 19.8 Å². The number of morpholine rings is 1. The van der Waals surface area contributed by atoms with Crippen molar-refractivity contribution in [3.8, 4) is 0 Å². The van der Waals surface area contributed by atoms with Crippen LogP contribution in [0.4, 0.5) is 0 Å². The van der Waals surface area contributed by atoms with Crippen LogP contribution < -0.4 is 5.32 Å². The van der Waals surface area contributed by atoms with E-state index in [1.54, 1.807) is 0 Å². The Labute approximate surface area is 109 Å². The third-order valence-corrected chi connectivity index (χ3v) is 3.26. The van der Waals surface area contributed by atoms with Gasteiger partial charge >= 0.3 is 0 Å². The minimum atomic E-state index is 0.502. The van der Waals surface area contributed by atoms with Crippen LogP contribution in [-0.4, -0.2) is 37.2 Å². The topological polar surface area (TPSA) is 37.6 Å². The molecule has 1 fully saturated rings. The zero-order valence-corrected chi connectivity index (χ0v) is 11.7. The number of furan rings is 1. The number of rotatable bonds is 5. The van der Waals surface area contributed by atoms with Gasteiger partial charge in [-0.25, -0.2) is 0 Å². The summed E-state index contributed by atoms with van der Waals surface area (Å²) in [5, 5.41) is 3.43. The standard InChI is InChI=1S/C14H24N2O2/c1-11(2)15-9-13-8-14(18-12(13)3)10-16-4-6-17-7-5-16/h8,11,15H,4-7,9-10H2,1-3H3.